The van der Waals surface area contributed by atoms with Gasteiger partial charge in [0.15, 0.2) is 0 Å². The van der Waals surface area contributed by atoms with E-state index in [-0.39, 0.29) is 18.1 Å². The minimum absolute atomic E-state index is 0.00131. The van der Waals surface area contributed by atoms with E-state index in [1.807, 2.05) is 12.1 Å². The summed E-state index contributed by atoms with van der Waals surface area (Å²) in [7, 11) is 3.05. The smallest absolute Gasteiger partial charge is 0.331 e. The van der Waals surface area contributed by atoms with Crippen LogP contribution < -0.4 is 16.6 Å². The average Bonchev–Trinajstić information content (AvgIpc) is 3.15. The van der Waals surface area contributed by atoms with Crippen LogP contribution in [0.25, 0.3) is 11.0 Å². The molecule has 1 N–H and O–H groups in total. The summed E-state index contributed by atoms with van der Waals surface area (Å²) in [5.41, 5.74) is 2.15. The minimum Gasteiger partial charge on any atom is -0.332 e. The lowest BCUT2D eigenvalue weighted by atomic mass is 9.84. The van der Waals surface area contributed by atoms with Crippen molar-refractivity contribution in [2.45, 2.75) is 44.6 Å². The highest BCUT2D eigenvalue weighted by molar-refractivity contribution is 5.91. The van der Waals surface area contributed by atoms with Crippen molar-refractivity contribution in [3.63, 3.8) is 0 Å². The second kappa shape index (κ2) is 7.73. The monoisotopic (exact) mass is 394 g/mol. The number of aromatic nitrogens is 3. The standard InChI is InChI=1S/C22H26N4O3/c1-24-18-12-13-26(20(18)21(28)25(2)22(24)29)14-19(27)23-17-10-8-16(9-11-17)15-6-4-3-5-7-15/h8-13,15H,3-7,14H2,1-2H3,(H,23,27). The lowest BCUT2D eigenvalue weighted by Crippen LogP contribution is -2.37. The maximum Gasteiger partial charge on any atom is 0.331 e. The van der Waals surface area contributed by atoms with Crippen LogP contribution in [0.3, 0.4) is 0 Å². The molecule has 1 amide bonds. The molecule has 0 unspecified atom stereocenters. The van der Waals surface area contributed by atoms with E-state index in [1.54, 1.807) is 23.9 Å². The van der Waals surface area contributed by atoms with Gasteiger partial charge in [-0.05, 0) is 42.5 Å². The van der Waals surface area contributed by atoms with Gasteiger partial charge in [0.2, 0.25) is 5.91 Å². The number of anilines is 1. The van der Waals surface area contributed by atoms with Gasteiger partial charge < -0.3 is 9.88 Å². The van der Waals surface area contributed by atoms with Crippen molar-refractivity contribution in [2.75, 3.05) is 5.32 Å². The Bertz CT molecular complexity index is 1160. The van der Waals surface area contributed by atoms with Crippen LogP contribution in [-0.2, 0) is 25.4 Å². The highest BCUT2D eigenvalue weighted by atomic mass is 16.2. The molecule has 0 atom stereocenters. The van der Waals surface area contributed by atoms with Crippen LogP contribution in [0, 0.1) is 0 Å². The molecule has 0 spiro atoms. The van der Waals surface area contributed by atoms with Crippen LogP contribution in [0.1, 0.15) is 43.6 Å². The first-order valence-corrected chi connectivity index (χ1v) is 10.1. The van der Waals surface area contributed by atoms with Gasteiger partial charge in [-0.25, -0.2) is 4.79 Å². The maximum atomic E-state index is 12.5. The zero-order valence-corrected chi connectivity index (χ0v) is 16.9. The van der Waals surface area contributed by atoms with Crippen LogP contribution in [0.4, 0.5) is 5.69 Å². The van der Waals surface area contributed by atoms with Gasteiger partial charge >= 0.3 is 5.69 Å². The summed E-state index contributed by atoms with van der Waals surface area (Å²) >= 11 is 0. The molecule has 1 aromatic carbocycles. The number of carbonyl (C=O) groups is 1. The van der Waals surface area contributed by atoms with Gasteiger partial charge in [0.1, 0.15) is 12.1 Å². The quantitative estimate of drug-likeness (QED) is 0.739. The zero-order chi connectivity index (χ0) is 20.5. The van der Waals surface area contributed by atoms with Gasteiger partial charge in [0.25, 0.3) is 5.56 Å². The van der Waals surface area contributed by atoms with Crippen LogP contribution in [-0.4, -0.2) is 19.6 Å². The number of nitrogens with one attached hydrogen (secondary N) is 1. The van der Waals surface area contributed by atoms with Crippen molar-refractivity contribution in [3.05, 3.63) is 62.9 Å². The van der Waals surface area contributed by atoms with E-state index >= 15 is 0 Å². The molecule has 1 aliphatic rings. The Morgan fingerprint density at radius 3 is 2.38 bits per heavy atom. The van der Waals surface area contributed by atoms with Crippen LogP contribution in [0.5, 0.6) is 0 Å². The molecule has 152 valence electrons. The second-order valence-corrected chi connectivity index (χ2v) is 7.89. The first-order valence-electron chi connectivity index (χ1n) is 10.1. The largest absolute Gasteiger partial charge is 0.332 e. The van der Waals surface area contributed by atoms with E-state index in [0.29, 0.717) is 17.0 Å². The number of benzene rings is 1. The third-order valence-electron chi connectivity index (χ3n) is 5.97. The van der Waals surface area contributed by atoms with Gasteiger partial charge in [-0.15, -0.1) is 0 Å². The molecule has 1 aliphatic carbocycles. The van der Waals surface area contributed by atoms with Crippen molar-refractivity contribution in [2.24, 2.45) is 14.1 Å². The van der Waals surface area contributed by atoms with Gasteiger partial charge in [0.05, 0.1) is 5.52 Å². The Kier molecular flexibility index (Phi) is 5.13. The van der Waals surface area contributed by atoms with Crippen LogP contribution in [0.2, 0.25) is 0 Å². The highest BCUT2D eigenvalue weighted by Gasteiger charge is 2.16. The molecular weight excluding hydrogens is 368 g/mol. The molecule has 1 saturated carbocycles. The predicted octanol–water partition coefficient (Wildman–Crippen LogP) is 2.73. The molecule has 0 radical (unpaired) electrons. The van der Waals surface area contributed by atoms with E-state index < -0.39 is 5.56 Å². The lowest BCUT2D eigenvalue weighted by molar-refractivity contribution is -0.116. The van der Waals surface area contributed by atoms with Gasteiger partial charge in [-0.2, -0.15) is 0 Å². The topological polar surface area (TPSA) is 78.0 Å². The van der Waals surface area contributed by atoms with E-state index in [1.165, 1.54) is 49.3 Å². The molecule has 4 rings (SSSR count). The molecule has 1 fully saturated rings. The fraction of sp³-hybridized carbons (Fsp3) is 0.409. The third-order valence-corrected chi connectivity index (χ3v) is 5.97. The van der Waals surface area contributed by atoms with E-state index in [2.05, 4.69) is 17.4 Å². The molecule has 7 nitrogen and oxygen atoms in total. The molecule has 0 aliphatic heterocycles. The number of fused-ring (bicyclic) bond motifs is 1. The number of nitrogens with zero attached hydrogens (tertiary/aromatic N) is 3. The number of amides is 1. The molecule has 2 aromatic heterocycles. The van der Waals surface area contributed by atoms with Crippen molar-refractivity contribution >= 4 is 22.6 Å². The Labute approximate surface area is 168 Å². The second-order valence-electron chi connectivity index (χ2n) is 7.89. The summed E-state index contributed by atoms with van der Waals surface area (Å²) in [4.78, 5) is 37.1. The van der Waals surface area contributed by atoms with E-state index in [4.69, 9.17) is 0 Å². The molecule has 0 saturated heterocycles. The number of aryl methyl sites for hydroxylation is 1. The lowest BCUT2D eigenvalue weighted by Gasteiger charge is -2.22. The Morgan fingerprint density at radius 1 is 1.00 bits per heavy atom. The number of hydrogen-bond donors (Lipinski definition) is 1. The molecule has 7 heteroatoms. The SMILES string of the molecule is Cn1c(=O)c2c(ccn2CC(=O)Nc2ccc(C3CCCCC3)cc2)n(C)c1=O. The summed E-state index contributed by atoms with van der Waals surface area (Å²) in [5, 5.41) is 2.90. The Balaban J connectivity index is 1.50. The normalized spacial score (nSPS) is 15.0. The molecule has 2 heterocycles. The first kappa shape index (κ1) is 19.2. The van der Waals surface area contributed by atoms with E-state index in [0.717, 1.165) is 10.3 Å². The zero-order valence-electron chi connectivity index (χ0n) is 16.9. The van der Waals surface area contributed by atoms with Crippen molar-refractivity contribution < 1.29 is 4.79 Å². The van der Waals surface area contributed by atoms with Gasteiger partial charge in [-0.3, -0.25) is 18.7 Å². The molecular formula is C22H26N4O3. The third kappa shape index (κ3) is 3.64. The Morgan fingerprint density at radius 2 is 1.69 bits per heavy atom. The fourth-order valence-corrected chi connectivity index (χ4v) is 4.30. The Hall–Kier alpha value is -3.09. The summed E-state index contributed by atoms with van der Waals surface area (Å²) in [6.45, 7) is 0.00131. The van der Waals surface area contributed by atoms with Crippen molar-refractivity contribution in [1.82, 2.24) is 13.7 Å². The summed E-state index contributed by atoms with van der Waals surface area (Å²) < 4.78 is 4.05. The minimum atomic E-state index is -0.405. The average molecular weight is 394 g/mol. The van der Waals surface area contributed by atoms with Crippen LogP contribution >= 0.6 is 0 Å². The van der Waals surface area contributed by atoms with Gasteiger partial charge in [-0.1, -0.05) is 31.4 Å². The molecule has 29 heavy (non-hydrogen) atoms. The predicted molar refractivity (Wildman–Crippen MR) is 113 cm³/mol. The number of carbonyl (C=O) groups excluding carboxylic acids is 1. The van der Waals surface area contributed by atoms with Crippen molar-refractivity contribution in [3.8, 4) is 0 Å². The van der Waals surface area contributed by atoms with Crippen molar-refractivity contribution in [1.29, 1.82) is 0 Å². The number of hydrogen-bond acceptors (Lipinski definition) is 3. The van der Waals surface area contributed by atoms with E-state index in [9.17, 15) is 14.4 Å². The summed E-state index contributed by atoms with van der Waals surface area (Å²) in [6, 6.07) is 9.77. The fourth-order valence-electron chi connectivity index (χ4n) is 4.30. The summed E-state index contributed by atoms with van der Waals surface area (Å²) in [6.07, 6.45) is 8.05. The molecule has 3 aromatic rings. The number of rotatable bonds is 4. The first-order chi connectivity index (χ1) is 14.0. The maximum absolute atomic E-state index is 12.5. The molecule has 0 bridgehead atoms. The summed E-state index contributed by atoms with van der Waals surface area (Å²) in [5.74, 6) is 0.409. The van der Waals surface area contributed by atoms with Gasteiger partial charge in [0, 0.05) is 26.0 Å². The highest BCUT2D eigenvalue weighted by Crippen LogP contribution is 2.32. The van der Waals surface area contributed by atoms with Crippen LogP contribution in [0.15, 0.2) is 46.1 Å².